The highest BCUT2D eigenvalue weighted by molar-refractivity contribution is 7.22. The predicted octanol–water partition coefficient (Wildman–Crippen LogP) is 4.28. The van der Waals surface area contributed by atoms with Gasteiger partial charge in [0.2, 0.25) is 5.91 Å². The Balaban J connectivity index is 1.43. The van der Waals surface area contributed by atoms with Crippen LogP contribution < -0.4 is 5.32 Å². The van der Waals surface area contributed by atoms with Crippen molar-refractivity contribution in [3.8, 4) is 0 Å². The summed E-state index contributed by atoms with van der Waals surface area (Å²) in [7, 11) is 0. The average molecular weight is 321 g/mol. The van der Waals surface area contributed by atoms with E-state index in [1.54, 1.807) is 0 Å². The van der Waals surface area contributed by atoms with Crippen LogP contribution in [-0.2, 0) is 11.3 Å². The molecule has 0 spiro atoms. The van der Waals surface area contributed by atoms with E-state index in [0.717, 1.165) is 15.7 Å². The first-order chi connectivity index (χ1) is 11.3. The molecular weight excluding hydrogens is 306 g/mol. The van der Waals surface area contributed by atoms with Crippen LogP contribution in [0.25, 0.3) is 21.1 Å². The van der Waals surface area contributed by atoms with Crippen molar-refractivity contribution in [1.29, 1.82) is 0 Å². The van der Waals surface area contributed by atoms with Crippen molar-refractivity contribution in [1.82, 2.24) is 9.55 Å². The number of carbonyl (C=O) groups is 1. The molecule has 0 atom stereocenters. The zero-order valence-electron chi connectivity index (χ0n) is 12.4. The van der Waals surface area contributed by atoms with Gasteiger partial charge in [0.15, 0.2) is 5.13 Å². The lowest BCUT2D eigenvalue weighted by molar-refractivity contribution is -0.116. The van der Waals surface area contributed by atoms with Crippen molar-refractivity contribution in [2.24, 2.45) is 0 Å². The van der Waals surface area contributed by atoms with Crippen molar-refractivity contribution < 1.29 is 4.79 Å². The maximum atomic E-state index is 12.2. The molecule has 0 radical (unpaired) electrons. The zero-order valence-corrected chi connectivity index (χ0v) is 13.2. The third kappa shape index (κ3) is 2.83. The number of hydrogen-bond acceptors (Lipinski definition) is 3. The minimum absolute atomic E-state index is 0.0122. The molecule has 4 rings (SSSR count). The zero-order chi connectivity index (χ0) is 15.6. The maximum Gasteiger partial charge on any atom is 0.227 e. The van der Waals surface area contributed by atoms with E-state index in [9.17, 15) is 4.79 Å². The number of nitrogens with one attached hydrogen (secondary N) is 1. The number of nitrogens with zero attached hydrogens (tertiary/aromatic N) is 2. The summed E-state index contributed by atoms with van der Waals surface area (Å²) in [5, 5.41) is 4.75. The fourth-order valence-corrected chi connectivity index (χ4v) is 3.55. The summed E-state index contributed by atoms with van der Waals surface area (Å²) < 4.78 is 3.19. The Kier molecular flexibility index (Phi) is 3.55. The van der Waals surface area contributed by atoms with Gasteiger partial charge in [0.05, 0.1) is 10.2 Å². The molecule has 1 amide bonds. The number of para-hydroxylation sites is 2. The van der Waals surface area contributed by atoms with Crippen LogP contribution in [0.2, 0.25) is 0 Å². The van der Waals surface area contributed by atoms with Crippen LogP contribution in [-0.4, -0.2) is 15.5 Å². The molecule has 0 unspecified atom stereocenters. The maximum absolute atomic E-state index is 12.2. The third-order valence-electron chi connectivity index (χ3n) is 3.80. The molecule has 4 aromatic rings. The van der Waals surface area contributed by atoms with Gasteiger partial charge < -0.3 is 9.88 Å². The van der Waals surface area contributed by atoms with Crippen LogP contribution in [0.15, 0.2) is 60.8 Å². The molecule has 0 bridgehead atoms. The van der Waals surface area contributed by atoms with Gasteiger partial charge in [-0.15, -0.1) is 0 Å². The van der Waals surface area contributed by atoms with E-state index >= 15 is 0 Å². The van der Waals surface area contributed by atoms with Crippen molar-refractivity contribution >= 4 is 43.5 Å². The van der Waals surface area contributed by atoms with Crippen molar-refractivity contribution in [3.05, 3.63) is 60.8 Å². The number of aryl methyl sites for hydroxylation is 1. The summed E-state index contributed by atoms with van der Waals surface area (Å²) >= 11 is 1.50. The van der Waals surface area contributed by atoms with Gasteiger partial charge in [0, 0.05) is 24.7 Å². The second-order valence-corrected chi connectivity index (χ2v) is 6.38. The molecule has 2 aromatic heterocycles. The molecule has 5 heteroatoms. The molecular formula is C18H15N3OS. The molecule has 0 aliphatic rings. The largest absolute Gasteiger partial charge is 0.347 e. The first-order valence-electron chi connectivity index (χ1n) is 7.49. The van der Waals surface area contributed by atoms with Crippen LogP contribution in [0.3, 0.4) is 0 Å². The Morgan fingerprint density at radius 3 is 2.83 bits per heavy atom. The highest BCUT2D eigenvalue weighted by atomic mass is 32.1. The quantitative estimate of drug-likeness (QED) is 0.610. The minimum Gasteiger partial charge on any atom is -0.347 e. The van der Waals surface area contributed by atoms with Gasteiger partial charge in [0.1, 0.15) is 0 Å². The average Bonchev–Trinajstić information content (AvgIpc) is 3.16. The van der Waals surface area contributed by atoms with Crippen LogP contribution in [0.5, 0.6) is 0 Å². The van der Waals surface area contributed by atoms with Gasteiger partial charge in [0.25, 0.3) is 0 Å². The monoisotopic (exact) mass is 321 g/mol. The van der Waals surface area contributed by atoms with Gasteiger partial charge in [-0.05, 0) is 29.7 Å². The predicted molar refractivity (Wildman–Crippen MR) is 94.8 cm³/mol. The number of amides is 1. The fraction of sp³-hybridized carbons (Fsp3) is 0.111. The second kappa shape index (κ2) is 5.85. The first kappa shape index (κ1) is 14.0. The molecule has 2 aromatic carbocycles. The molecule has 2 heterocycles. The Hall–Kier alpha value is -2.66. The van der Waals surface area contributed by atoms with Crippen molar-refractivity contribution in [3.63, 3.8) is 0 Å². The lowest BCUT2D eigenvalue weighted by Gasteiger charge is -2.05. The topological polar surface area (TPSA) is 46.9 Å². The van der Waals surface area contributed by atoms with E-state index in [2.05, 4.69) is 33.1 Å². The lowest BCUT2D eigenvalue weighted by atomic mass is 10.2. The molecule has 0 fully saturated rings. The summed E-state index contributed by atoms with van der Waals surface area (Å²) in [5.41, 5.74) is 2.07. The number of carbonyl (C=O) groups excluding carboxylic acids is 1. The Labute approximate surface area is 137 Å². The standard InChI is InChI=1S/C18H15N3OS/c22-17(20-18-19-14-6-2-4-8-16(14)23-18)10-12-21-11-9-13-5-1-3-7-15(13)21/h1-9,11H,10,12H2,(H,19,20,22). The van der Waals surface area contributed by atoms with Gasteiger partial charge in [-0.25, -0.2) is 4.98 Å². The number of hydrogen-bond donors (Lipinski definition) is 1. The molecule has 1 N–H and O–H groups in total. The van der Waals surface area contributed by atoms with Crippen molar-refractivity contribution in [2.45, 2.75) is 13.0 Å². The minimum atomic E-state index is -0.0122. The number of thiazole rings is 1. The molecule has 114 valence electrons. The second-order valence-electron chi connectivity index (χ2n) is 5.35. The van der Waals surface area contributed by atoms with Gasteiger partial charge in [-0.1, -0.05) is 41.7 Å². The SMILES string of the molecule is O=C(CCn1ccc2ccccc21)Nc1nc2ccccc2s1. The number of anilines is 1. The fourth-order valence-electron chi connectivity index (χ4n) is 2.67. The molecule has 0 saturated carbocycles. The van der Waals surface area contributed by atoms with Gasteiger partial charge >= 0.3 is 0 Å². The summed E-state index contributed by atoms with van der Waals surface area (Å²) in [6.07, 6.45) is 2.45. The van der Waals surface area contributed by atoms with Crippen LogP contribution >= 0.6 is 11.3 Å². The Morgan fingerprint density at radius 2 is 1.91 bits per heavy atom. The van der Waals surface area contributed by atoms with Crippen LogP contribution in [0, 0.1) is 0 Å². The number of fused-ring (bicyclic) bond motifs is 2. The normalized spacial score (nSPS) is 11.1. The van der Waals surface area contributed by atoms with Gasteiger partial charge in [-0.3, -0.25) is 4.79 Å². The first-order valence-corrected chi connectivity index (χ1v) is 8.30. The number of aromatic nitrogens is 2. The number of rotatable bonds is 4. The smallest absolute Gasteiger partial charge is 0.227 e. The highest BCUT2D eigenvalue weighted by Gasteiger charge is 2.08. The summed E-state index contributed by atoms with van der Waals surface area (Å²) in [5.74, 6) is -0.0122. The molecule has 4 nitrogen and oxygen atoms in total. The summed E-state index contributed by atoms with van der Waals surface area (Å²) in [6, 6.07) is 18.1. The van der Waals surface area contributed by atoms with E-state index in [1.165, 1.54) is 16.7 Å². The molecule has 0 aliphatic heterocycles. The van der Waals surface area contributed by atoms with E-state index in [-0.39, 0.29) is 5.91 Å². The highest BCUT2D eigenvalue weighted by Crippen LogP contribution is 2.25. The molecule has 0 aliphatic carbocycles. The van der Waals surface area contributed by atoms with E-state index in [0.29, 0.717) is 18.1 Å². The van der Waals surface area contributed by atoms with Crippen LogP contribution in [0.4, 0.5) is 5.13 Å². The van der Waals surface area contributed by atoms with E-state index in [4.69, 9.17) is 0 Å². The summed E-state index contributed by atoms with van der Waals surface area (Å²) in [6.45, 7) is 0.657. The summed E-state index contributed by atoms with van der Waals surface area (Å²) in [4.78, 5) is 16.6. The van der Waals surface area contributed by atoms with E-state index < -0.39 is 0 Å². The van der Waals surface area contributed by atoms with Gasteiger partial charge in [-0.2, -0.15) is 0 Å². The third-order valence-corrected chi connectivity index (χ3v) is 4.75. The lowest BCUT2D eigenvalue weighted by Crippen LogP contribution is -2.14. The Bertz CT molecular complexity index is 953. The van der Waals surface area contributed by atoms with E-state index in [1.807, 2.05) is 42.6 Å². The van der Waals surface area contributed by atoms with Crippen LogP contribution in [0.1, 0.15) is 6.42 Å². The number of benzene rings is 2. The molecule has 0 saturated heterocycles. The van der Waals surface area contributed by atoms with Crippen molar-refractivity contribution in [2.75, 3.05) is 5.32 Å². The Morgan fingerprint density at radius 1 is 1.09 bits per heavy atom. The molecule has 23 heavy (non-hydrogen) atoms.